The van der Waals surface area contributed by atoms with Crippen molar-refractivity contribution in [3.8, 4) is 16.9 Å². The van der Waals surface area contributed by atoms with Crippen LogP contribution in [0.25, 0.3) is 11.1 Å². The minimum atomic E-state index is 0.703. The van der Waals surface area contributed by atoms with Crippen molar-refractivity contribution in [2.75, 3.05) is 12.3 Å². The maximum atomic E-state index is 6.00. The number of nitrogens with zero attached hydrogens (tertiary/aromatic N) is 1. The van der Waals surface area contributed by atoms with Crippen LogP contribution < -0.4 is 10.5 Å². The van der Waals surface area contributed by atoms with E-state index in [1.54, 1.807) is 6.20 Å². The van der Waals surface area contributed by atoms with Crippen LogP contribution in [0.2, 0.25) is 0 Å². The van der Waals surface area contributed by atoms with Crippen molar-refractivity contribution in [3.05, 3.63) is 42.2 Å². The second-order valence-corrected chi connectivity index (χ2v) is 4.35. The van der Waals surface area contributed by atoms with Gasteiger partial charge in [0.05, 0.1) is 12.8 Å². The van der Waals surface area contributed by atoms with Gasteiger partial charge in [0, 0.05) is 23.0 Å². The number of hydrogen-bond donors (Lipinski definition) is 1. The summed E-state index contributed by atoms with van der Waals surface area (Å²) >= 11 is 0. The normalized spacial score (nSPS) is 10.3. The van der Waals surface area contributed by atoms with Gasteiger partial charge in [-0.25, -0.2) is 0 Å². The van der Waals surface area contributed by atoms with Crippen LogP contribution in [0.15, 0.2) is 36.7 Å². The number of anilines is 1. The van der Waals surface area contributed by atoms with Crippen LogP contribution in [0, 0.1) is 6.92 Å². The van der Waals surface area contributed by atoms with Crippen LogP contribution >= 0.6 is 0 Å². The first-order valence-corrected chi connectivity index (χ1v) is 6.15. The number of aromatic nitrogens is 1. The van der Waals surface area contributed by atoms with E-state index in [1.165, 1.54) is 5.56 Å². The topological polar surface area (TPSA) is 48.1 Å². The van der Waals surface area contributed by atoms with Gasteiger partial charge in [-0.05, 0) is 31.5 Å². The molecular weight excluding hydrogens is 224 g/mol. The first-order chi connectivity index (χ1) is 8.70. The predicted octanol–water partition coefficient (Wildman–Crippen LogP) is 3.43. The van der Waals surface area contributed by atoms with Crippen LogP contribution in [0.3, 0.4) is 0 Å². The lowest BCUT2D eigenvalue weighted by atomic mass is 10.0. The summed E-state index contributed by atoms with van der Waals surface area (Å²) in [5.74, 6) is 0.787. The van der Waals surface area contributed by atoms with E-state index in [0.29, 0.717) is 6.61 Å². The molecule has 0 aliphatic rings. The second kappa shape index (κ2) is 5.54. The summed E-state index contributed by atoms with van der Waals surface area (Å²) in [4.78, 5) is 4.20. The summed E-state index contributed by atoms with van der Waals surface area (Å²) in [6.45, 7) is 4.83. The number of benzene rings is 1. The molecule has 0 radical (unpaired) electrons. The summed E-state index contributed by atoms with van der Waals surface area (Å²) in [6, 6.07) is 7.97. The molecule has 0 saturated carbocycles. The van der Waals surface area contributed by atoms with Crippen molar-refractivity contribution in [3.63, 3.8) is 0 Å². The fourth-order valence-electron chi connectivity index (χ4n) is 1.79. The number of pyridine rings is 1. The molecule has 0 aliphatic carbocycles. The zero-order valence-electron chi connectivity index (χ0n) is 10.8. The molecule has 1 heterocycles. The van der Waals surface area contributed by atoms with Gasteiger partial charge in [-0.1, -0.05) is 18.6 Å². The van der Waals surface area contributed by atoms with Crippen LogP contribution in [0.1, 0.15) is 18.9 Å². The Kier molecular flexibility index (Phi) is 3.82. The SMILES string of the molecule is CCCOc1cncc(-c2cc(C)ccc2N)c1. The molecule has 18 heavy (non-hydrogen) atoms. The molecule has 0 aliphatic heterocycles. The third-order valence-electron chi connectivity index (χ3n) is 2.71. The van der Waals surface area contributed by atoms with Crippen molar-refractivity contribution in [1.29, 1.82) is 0 Å². The second-order valence-electron chi connectivity index (χ2n) is 4.35. The van der Waals surface area contributed by atoms with Crippen LogP contribution in [0.4, 0.5) is 5.69 Å². The van der Waals surface area contributed by atoms with E-state index in [1.807, 2.05) is 31.3 Å². The monoisotopic (exact) mass is 242 g/mol. The summed E-state index contributed by atoms with van der Waals surface area (Å²) in [5.41, 5.74) is 9.94. The van der Waals surface area contributed by atoms with E-state index in [4.69, 9.17) is 10.5 Å². The maximum Gasteiger partial charge on any atom is 0.138 e. The first-order valence-electron chi connectivity index (χ1n) is 6.15. The molecule has 2 aromatic rings. The van der Waals surface area contributed by atoms with Crippen molar-refractivity contribution in [1.82, 2.24) is 4.98 Å². The highest BCUT2D eigenvalue weighted by Crippen LogP contribution is 2.28. The van der Waals surface area contributed by atoms with Crippen molar-refractivity contribution >= 4 is 5.69 Å². The fourth-order valence-corrected chi connectivity index (χ4v) is 1.79. The van der Waals surface area contributed by atoms with E-state index >= 15 is 0 Å². The molecule has 3 heteroatoms. The highest BCUT2D eigenvalue weighted by molar-refractivity contribution is 5.76. The standard InChI is InChI=1S/C15H18N2O/c1-3-6-18-13-8-12(9-17-10-13)14-7-11(2)4-5-15(14)16/h4-5,7-10H,3,6,16H2,1-2H3. The van der Waals surface area contributed by atoms with Gasteiger partial charge in [-0.3, -0.25) is 4.98 Å². The average molecular weight is 242 g/mol. The number of ether oxygens (including phenoxy) is 1. The number of nitrogen functional groups attached to an aromatic ring is 1. The molecule has 0 unspecified atom stereocenters. The van der Waals surface area contributed by atoms with Gasteiger partial charge in [0.25, 0.3) is 0 Å². The Morgan fingerprint density at radius 2 is 2.06 bits per heavy atom. The molecule has 0 amide bonds. The predicted molar refractivity (Wildman–Crippen MR) is 74.6 cm³/mol. The van der Waals surface area contributed by atoms with E-state index in [2.05, 4.69) is 18.0 Å². The minimum Gasteiger partial charge on any atom is -0.492 e. The lowest BCUT2D eigenvalue weighted by Gasteiger charge is -2.09. The van der Waals surface area contributed by atoms with E-state index in [0.717, 1.165) is 29.0 Å². The Labute approximate surface area is 108 Å². The Morgan fingerprint density at radius 3 is 2.83 bits per heavy atom. The molecule has 0 spiro atoms. The van der Waals surface area contributed by atoms with Gasteiger partial charge in [-0.15, -0.1) is 0 Å². The molecule has 0 atom stereocenters. The molecule has 3 nitrogen and oxygen atoms in total. The van der Waals surface area contributed by atoms with Gasteiger partial charge in [0.2, 0.25) is 0 Å². The molecular formula is C15H18N2O. The molecule has 94 valence electrons. The number of nitrogens with two attached hydrogens (primary N) is 1. The summed E-state index contributed by atoms with van der Waals surface area (Å²) < 4.78 is 5.58. The Balaban J connectivity index is 2.35. The van der Waals surface area contributed by atoms with E-state index in [-0.39, 0.29) is 0 Å². The molecule has 2 N–H and O–H groups in total. The van der Waals surface area contributed by atoms with Crippen molar-refractivity contribution < 1.29 is 4.74 Å². The molecule has 2 rings (SSSR count). The fraction of sp³-hybridized carbons (Fsp3) is 0.267. The van der Waals surface area contributed by atoms with Crippen molar-refractivity contribution in [2.45, 2.75) is 20.3 Å². The quantitative estimate of drug-likeness (QED) is 0.835. The van der Waals surface area contributed by atoms with Gasteiger partial charge in [0.1, 0.15) is 5.75 Å². The summed E-state index contributed by atoms with van der Waals surface area (Å²) in [5, 5.41) is 0. The molecule has 1 aromatic heterocycles. The van der Waals surface area contributed by atoms with Crippen LogP contribution in [-0.4, -0.2) is 11.6 Å². The first kappa shape index (κ1) is 12.4. The zero-order chi connectivity index (χ0) is 13.0. The van der Waals surface area contributed by atoms with Crippen molar-refractivity contribution in [2.24, 2.45) is 0 Å². The van der Waals surface area contributed by atoms with Gasteiger partial charge < -0.3 is 10.5 Å². The van der Waals surface area contributed by atoms with E-state index in [9.17, 15) is 0 Å². The summed E-state index contributed by atoms with van der Waals surface area (Å²) in [7, 11) is 0. The molecule has 0 bridgehead atoms. The zero-order valence-corrected chi connectivity index (χ0v) is 10.8. The third kappa shape index (κ3) is 2.80. The number of hydrogen-bond acceptors (Lipinski definition) is 3. The van der Waals surface area contributed by atoms with E-state index < -0.39 is 0 Å². The lowest BCUT2D eigenvalue weighted by molar-refractivity contribution is 0.316. The van der Waals surface area contributed by atoms with Gasteiger partial charge >= 0.3 is 0 Å². The smallest absolute Gasteiger partial charge is 0.138 e. The molecule has 0 fully saturated rings. The molecule has 0 saturated heterocycles. The Hall–Kier alpha value is -2.03. The Bertz CT molecular complexity index is 538. The number of aryl methyl sites for hydroxylation is 1. The van der Waals surface area contributed by atoms with Crippen LogP contribution in [0.5, 0.6) is 5.75 Å². The summed E-state index contributed by atoms with van der Waals surface area (Å²) in [6.07, 6.45) is 4.52. The highest BCUT2D eigenvalue weighted by atomic mass is 16.5. The lowest BCUT2D eigenvalue weighted by Crippen LogP contribution is -1.96. The molecule has 1 aromatic carbocycles. The average Bonchev–Trinajstić information content (AvgIpc) is 2.39. The third-order valence-corrected chi connectivity index (χ3v) is 2.71. The largest absolute Gasteiger partial charge is 0.492 e. The minimum absolute atomic E-state index is 0.703. The van der Waals surface area contributed by atoms with Gasteiger partial charge in [-0.2, -0.15) is 0 Å². The highest BCUT2D eigenvalue weighted by Gasteiger charge is 2.05. The Morgan fingerprint density at radius 1 is 1.22 bits per heavy atom. The van der Waals surface area contributed by atoms with Crippen LogP contribution in [-0.2, 0) is 0 Å². The maximum absolute atomic E-state index is 6.00. The van der Waals surface area contributed by atoms with Gasteiger partial charge in [0.15, 0.2) is 0 Å². The number of rotatable bonds is 4.